The van der Waals surface area contributed by atoms with Gasteiger partial charge in [-0.15, -0.1) is 0 Å². The number of hydrogen-bond acceptors (Lipinski definition) is 6. The number of ether oxygens (including phenoxy) is 2. The van der Waals surface area contributed by atoms with Crippen LogP contribution in [0.3, 0.4) is 0 Å². The molecule has 0 spiro atoms. The number of anilines is 1. The molecule has 3 aromatic carbocycles. The predicted molar refractivity (Wildman–Crippen MR) is 137 cm³/mol. The van der Waals surface area contributed by atoms with Gasteiger partial charge in [-0.1, -0.05) is 23.7 Å². The first-order valence-corrected chi connectivity index (χ1v) is 12.5. The maximum absolute atomic E-state index is 13.9. The summed E-state index contributed by atoms with van der Waals surface area (Å²) in [5, 5.41) is 3.85. The number of benzene rings is 3. The predicted octanol–water partition coefficient (Wildman–Crippen LogP) is 4.46. The molecule has 0 atom stereocenters. The monoisotopic (exact) mass is 533 g/mol. The molecule has 8 nitrogen and oxygen atoms in total. The molecular weight excluding hydrogens is 509 g/mol. The van der Waals surface area contributed by atoms with E-state index >= 15 is 0 Å². The second kappa shape index (κ2) is 11.4. The topological polar surface area (TPSA) is 97.3 Å². The lowest BCUT2D eigenvalue weighted by Gasteiger charge is -2.25. The largest absolute Gasteiger partial charge is 0.493 e. The Hall–Kier alpha value is -3.63. The van der Waals surface area contributed by atoms with Crippen molar-refractivity contribution in [3.8, 4) is 11.5 Å². The molecular formula is C25H25ClFN3O5S. The average molecular weight is 534 g/mol. The second-order valence-electron chi connectivity index (χ2n) is 7.80. The van der Waals surface area contributed by atoms with Gasteiger partial charge < -0.3 is 9.47 Å². The minimum Gasteiger partial charge on any atom is -0.493 e. The number of aryl methyl sites for hydroxylation is 2. The van der Waals surface area contributed by atoms with Gasteiger partial charge in [0, 0.05) is 11.6 Å². The Balaban J connectivity index is 1.96. The molecule has 11 heteroatoms. The van der Waals surface area contributed by atoms with Crippen LogP contribution in [0.5, 0.6) is 11.5 Å². The molecule has 0 aliphatic carbocycles. The molecule has 3 rings (SSSR count). The fraction of sp³-hybridized carbons (Fsp3) is 0.200. The van der Waals surface area contributed by atoms with Crippen LogP contribution in [-0.4, -0.2) is 41.3 Å². The van der Waals surface area contributed by atoms with Gasteiger partial charge in [-0.2, -0.15) is 5.10 Å². The van der Waals surface area contributed by atoms with Crippen molar-refractivity contribution in [2.75, 3.05) is 25.1 Å². The standard InChI is InChI=1S/C25H25ClFN3O5S/c1-16-10-17(2)12-18(11-16)30(36(32,33)19-8-9-23(34-3)24(13-19)35-4)15-25(31)29-28-14-20-21(26)6-5-7-22(20)27/h5-14H,15H2,1-4H3,(H,29,31)/b28-14-. The lowest BCUT2D eigenvalue weighted by molar-refractivity contribution is -0.119. The molecule has 0 heterocycles. The average Bonchev–Trinajstić information content (AvgIpc) is 2.83. The molecule has 3 aromatic rings. The number of methoxy groups -OCH3 is 2. The highest BCUT2D eigenvalue weighted by atomic mass is 35.5. The molecule has 1 N–H and O–H groups in total. The first kappa shape index (κ1) is 27.0. The SMILES string of the molecule is COc1ccc(S(=O)(=O)N(CC(=O)N/N=C\c2c(F)cccc2Cl)c2cc(C)cc(C)c2)cc1OC. The van der Waals surface area contributed by atoms with Crippen LogP contribution < -0.4 is 19.2 Å². The summed E-state index contributed by atoms with van der Waals surface area (Å²) in [5.74, 6) is -0.793. The Kier molecular flexibility index (Phi) is 8.54. The first-order valence-electron chi connectivity index (χ1n) is 10.7. The van der Waals surface area contributed by atoms with E-state index in [9.17, 15) is 17.6 Å². The molecule has 0 aliphatic heterocycles. The number of amides is 1. The number of hydrazone groups is 1. The van der Waals surface area contributed by atoms with Crippen molar-refractivity contribution in [1.82, 2.24) is 5.43 Å². The van der Waals surface area contributed by atoms with Crippen molar-refractivity contribution in [1.29, 1.82) is 0 Å². The van der Waals surface area contributed by atoms with Crippen LogP contribution in [0, 0.1) is 19.7 Å². The number of nitrogens with zero attached hydrogens (tertiary/aromatic N) is 2. The van der Waals surface area contributed by atoms with Gasteiger partial charge >= 0.3 is 0 Å². The van der Waals surface area contributed by atoms with Gasteiger partial charge in [0.15, 0.2) is 11.5 Å². The zero-order valence-corrected chi connectivity index (χ0v) is 21.7. The van der Waals surface area contributed by atoms with Crippen LogP contribution in [0.15, 0.2) is 64.6 Å². The smallest absolute Gasteiger partial charge is 0.264 e. The Morgan fingerprint density at radius 2 is 1.72 bits per heavy atom. The molecule has 0 radical (unpaired) electrons. The second-order valence-corrected chi connectivity index (χ2v) is 10.1. The number of hydrogen-bond donors (Lipinski definition) is 1. The fourth-order valence-electron chi connectivity index (χ4n) is 3.48. The summed E-state index contributed by atoms with van der Waals surface area (Å²) in [4.78, 5) is 12.7. The lowest BCUT2D eigenvalue weighted by atomic mass is 10.1. The quantitative estimate of drug-likeness (QED) is 0.323. The van der Waals surface area contributed by atoms with Crippen molar-refractivity contribution in [2.45, 2.75) is 18.7 Å². The summed E-state index contributed by atoms with van der Waals surface area (Å²) in [6, 6.07) is 13.5. The number of rotatable bonds is 9. The van der Waals surface area contributed by atoms with Crippen molar-refractivity contribution < 1.29 is 27.1 Å². The van der Waals surface area contributed by atoms with Crippen molar-refractivity contribution in [3.63, 3.8) is 0 Å². The summed E-state index contributed by atoms with van der Waals surface area (Å²) < 4.78 is 52.7. The maximum Gasteiger partial charge on any atom is 0.264 e. The Labute approximate surface area is 214 Å². The minimum atomic E-state index is -4.23. The molecule has 0 saturated carbocycles. The normalized spacial score (nSPS) is 11.4. The van der Waals surface area contributed by atoms with Gasteiger partial charge in [-0.25, -0.2) is 18.2 Å². The van der Waals surface area contributed by atoms with Crippen LogP contribution in [0.2, 0.25) is 5.02 Å². The Morgan fingerprint density at radius 1 is 1.06 bits per heavy atom. The zero-order chi connectivity index (χ0) is 26.5. The summed E-state index contributed by atoms with van der Waals surface area (Å²) in [6.07, 6.45) is 1.06. The van der Waals surface area contributed by atoms with E-state index in [1.54, 1.807) is 12.1 Å². The third-order valence-electron chi connectivity index (χ3n) is 5.11. The van der Waals surface area contributed by atoms with E-state index in [-0.39, 0.29) is 21.2 Å². The number of carbonyl (C=O) groups is 1. The van der Waals surface area contributed by atoms with E-state index < -0.39 is 28.3 Å². The summed E-state index contributed by atoms with van der Waals surface area (Å²) in [6.45, 7) is 3.04. The van der Waals surface area contributed by atoms with E-state index in [2.05, 4.69) is 10.5 Å². The van der Waals surface area contributed by atoms with Crippen LogP contribution >= 0.6 is 11.6 Å². The van der Waals surface area contributed by atoms with Gasteiger partial charge in [-0.05, 0) is 61.4 Å². The molecule has 0 unspecified atom stereocenters. The van der Waals surface area contributed by atoms with E-state index in [1.165, 1.54) is 50.6 Å². The van der Waals surface area contributed by atoms with Gasteiger partial charge in [0.25, 0.3) is 15.9 Å². The highest BCUT2D eigenvalue weighted by Crippen LogP contribution is 2.32. The molecule has 0 aromatic heterocycles. The Morgan fingerprint density at radius 3 is 2.33 bits per heavy atom. The van der Waals surface area contributed by atoms with Gasteiger partial charge in [0.2, 0.25) is 0 Å². The van der Waals surface area contributed by atoms with Crippen molar-refractivity contribution >= 4 is 39.4 Å². The third-order valence-corrected chi connectivity index (χ3v) is 7.21. The molecule has 36 heavy (non-hydrogen) atoms. The number of sulfonamides is 1. The molecule has 0 bridgehead atoms. The Bertz CT molecular complexity index is 1370. The van der Waals surface area contributed by atoms with Gasteiger partial charge in [0.05, 0.1) is 36.0 Å². The molecule has 0 fully saturated rings. The number of halogens is 2. The van der Waals surface area contributed by atoms with Crippen LogP contribution in [0.4, 0.5) is 10.1 Å². The molecule has 190 valence electrons. The summed E-state index contributed by atoms with van der Waals surface area (Å²) in [5.41, 5.74) is 4.13. The van der Waals surface area contributed by atoms with Crippen LogP contribution in [-0.2, 0) is 14.8 Å². The highest BCUT2D eigenvalue weighted by molar-refractivity contribution is 7.92. The number of carbonyl (C=O) groups excluding carboxylic acids is 1. The van der Waals surface area contributed by atoms with E-state index in [4.69, 9.17) is 21.1 Å². The molecule has 1 amide bonds. The zero-order valence-electron chi connectivity index (χ0n) is 20.1. The summed E-state index contributed by atoms with van der Waals surface area (Å²) in [7, 11) is -1.40. The van der Waals surface area contributed by atoms with E-state index in [0.717, 1.165) is 21.6 Å². The van der Waals surface area contributed by atoms with E-state index in [1.807, 2.05) is 19.9 Å². The van der Waals surface area contributed by atoms with Gasteiger partial charge in [-0.3, -0.25) is 9.10 Å². The molecule has 0 saturated heterocycles. The van der Waals surface area contributed by atoms with Gasteiger partial charge in [0.1, 0.15) is 12.4 Å². The van der Waals surface area contributed by atoms with Crippen molar-refractivity contribution in [2.24, 2.45) is 5.10 Å². The maximum atomic E-state index is 13.9. The highest BCUT2D eigenvalue weighted by Gasteiger charge is 2.28. The lowest BCUT2D eigenvalue weighted by Crippen LogP contribution is -2.39. The van der Waals surface area contributed by atoms with E-state index in [0.29, 0.717) is 11.4 Å². The minimum absolute atomic E-state index is 0.0106. The first-order chi connectivity index (χ1) is 17.1. The van der Waals surface area contributed by atoms with Crippen LogP contribution in [0.25, 0.3) is 0 Å². The summed E-state index contributed by atoms with van der Waals surface area (Å²) >= 11 is 5.96. The molecule has 0 aliphatic rings. The van der Waals surface area contributed by atoms with Crippen LogP contribution in [0.1, 0.15) is 16.7 Å². The third kappa shape index (κ3) is 6.13. The fourth-order valence-corrected chi connectivity index (χ4v) is 5.11. The van der Waals surface area contributed by atoms with Crippen molar-refractivity contribution in [3.05, 3.63) is 82.1 Å². The number of nitrogens with one attached hydrogen (secondary N) is 1.